The minimum Gasteiger partial charge on any atom is -0.458 e. The minimum absolute atomic E-state index is 0.0442. The number of aliphatic hydroxyl groups is 1. The first kappa shape index (κ1) is 19.9. The highest BCUT2D eigenvalue weighted by Crippen LogP contribution is 2.64. The molecule has 0 heterocycles. The van der Waals surface area contributed by atoms with Crippen molar-refractivity contribution in [3.8, 4) is 0 Å². The molecule has 0 aromatic carbocycles. The van der Waals surface area contributed by atoms with Gasteiger partial charge in [-0.15, -0.1) is 11.6 Å². The average molecular weight is 405 g/mol. The maximum Gasteiger partial charge on any atom is 0.303 e. The van der Waals surface area contributed by atoms with E-state index in [0.717, 1.165) is 31.3 Å². The van der Waals surface area contributed by atoms with E-state index in [1.807, 2.05) is 12.2 Å². The smallest absolute Gasteiger partial charge is 0.303 e. The van der Waals surface area contributed by atoms with E-state index in [1.54, 1.807) is 0 Å². The van der Waals surface area contributed by atoms with Gasteiger partial charge >= 0.3 is 5.97 Å². The summed E-state index contributed by atoms with van der Waals surface area (Å²) >= 11 is 6.82. The van der Waals surface area contributed by atoms with E-state index >= 15 is 0 Å². The van der Waals surface area contributed by atoms with Crippen LogP contribution in [0.1, 0.15) is 46.5 Å². The lowest BCUT2D eigenvalue weighted by Gasteiger charge is -2.53. The first-order valence-corrected chi connectivity index (χ1v) is 10.7. The molecule has 7 atom stereocenters. The van der Waals surface area contributed by atoms with Crippen molar-refractivity contribution in [2.24, 2.45) is 28.6 Å². The van der Waals surface area contributed by atoms with E-state index in [4.69, 9.17) is 16.3 Å². The van der Waals surface area contributed by atoms with Gasteiger partial charge in [0, 0.05) is 18.3 Å². The zero-order valence-electron chi connectivity index (χ0n) is 16.8. The van der Waals surface area contributed by atoms with Gasteiger partial charge in [0.2, 0.25) is 0 Å². The number of hydrogen-bond donors (Lipinski definition) is 1. The fourth-order valence-corrected chi connectivity index (χ4v) is 6.94. The van der Waals surface area contributed by atoms with Gasteiger partial charge in [-0.3, -0.25) is 9.59 Å². The van der Waals surface area contributed by atoms with Crippen molar-refractivity contribution < 1.29 is 19.4 Å². The van der Waals surface area contributed by atoms with E-state index in [9.17, 15) is 14.7 Å². The number of carbonyl (C=O) groups is 2. The Morgan fingerprint density at radius 1 is 1.29 bits per heavy atom. The molecule has 2 fully saturated rings. The van der Waals surface area contributed by atoms with Crippen molar-refractivity contribution in [1.82, 2.24) is 0 Å². The summed E-state index contributed by atoms with van der Waals surface area (Å²) in [6.07, 6.45) is 11.2. The van der Waals surface area contributed by atoms with Gasteiger partial charge in [0.05, 0.1) is 11.5 Å². The third-order valence-corrected chi connectivity index (χ3v) is 8.25. The fraction of sp³-hybridized carbons (Fsp3) is 0.652. The summed E-state index contributed by atoms with van der Waals surface area (Å²) in [6, 6.07) is 0. The molecule has 0 radical (unpaired) electrons. The van der Waals surface area contributed by atoms with Crippen LogP contribution >= 0.6 is 11.6 Å². The van der Waals surface area contributed by atoms with Gasteiger partial charge in [0.1, 0.15) is 6.61 Å². The molecular formula is C23H29ClO4. The van der Waals surface area contributed by atoms with Gasteiger partial charge in [-0.2, -0.15) is 0 Å². The molecule has 4 aliphatic carbocycles. The summed E-state index contributed by atoms with van der Waals surface area (Å²) in [7, 11) is 0. The molecule has 5 heteroatoms. The number of halogens is 1. The van der Waals surface area contributed by atoms with Crippen molar-refractivity contribution in [2.45, 2.75) is 57.9 Å². The summed E-state index contributed by atoms with van der Waals surface area (Å²) in [6.45, 7) is 5.65. The summed E-state index contributed by atoms with van der Waals surface area (Å²) in [5.74, 6) is 0.308. The number of esters is 1. The maximum atomic E-state index is 12.8. The summed E-state index contributed by atoms with van der Waals surface area (Å²) in [5, 5.41) is 9.93. The number of allylic oxidation sites excluding steroid dienone is 4. The fourth-order valence-electron chi connectivity index (χ4n) is 6.45. The lowest BCUT2D eigenvalue weighted by atomic mass is 9.52. The van der Waals surface area contributed by atoms with Crippen molar-refractivity contribution >= 4 is 23.4 Å². The summed E-state index contributed by atoms with van der Waals surface area (Å²) in [5.41, 5.74) is 2.15. The lowest BCUT2D eigenvalue weighted by Crippen LogP contribution is -2.47. The molecule has 0 amide bonds. The van der Waals surface area contributed by atoms with Crippen LogP contribution in [0.5, 0.6) is 0 Å². The quantitative estimate of drug-likeness (QED) is 0.439. The van der Waals surface area contributed by atoms with Gasteiger partial charge in [0.15, 0.2) is 5.78 Å². The normalized spacial score (nSPS) is 44.0. The van der Waals surface area contributed by atoms with Crippen molar-refractivity contribution in [2.75, 3.05) is 6.61 Å². The van der Waals surface area contributed by atoms with Gasteiger partial charge in [0.25, 0.3) is 0 Å². The number of Topliss-reactive ketones (excluding diaryl/α,β-unsaturated/α-hetero) is 1. The average Bonchev–Trinajstić information content (AvgIpc) is 2.99. The van der Waals surface area contributed by atoms with Crippen molar-refractivity contribution in [1.29, 1.82) is 0 Å². The van der Waals surface area contributed by atoms with Crippen LogP contribution in [0.4, 0.5) is 0 Å². The molecule has 4 rings (SSSR count). The van der Waals surface area contributed by atoms with Crippen molar-refractivity contribution in [3.63, 3.8) is 0 Å². The number of carbonyl (C=O) groups excluding carboxylic acids is 2. The Balaban J connectivity index is 1.65. The number of hydrogen-bond acceptors (Lipinski definition) is 4. The minimum atomic E-state index is -0.565. The Hall–Kier alpha value is -1.39. The van der Waals surface area contributed by atoms with E-state index in [2.05, 4.69) is 26.0 Å². The predicted molar refractivity (Wildman–Crippen MR) is 108 cm³/mol. The van der Waals surface area contributed by atoms with Crippen molar-refractivity contribution in [3.05, 3.63) is 35.5 Å². The second kappa shape index (κ2) is 6.84. The Labute approximate surface area is 171 Å². The number of aliphatic hydroxyl groups excluding tert-OH is 1. The van der Waals surface area contributed by atoms with Gasteiger partial charge in [-0.05, 0) is 55.4 Å². The molecule has 0 saturated heterocycles. The highest BCUT2D eigenvalue weighted by molar-refractivity contribution is 6.22. The molecule has 0 aromatic rings. The van der Waals surface area contributed by atoms with E-state index in [-0.39, 0.29) is 34.5 Å². The van der Waals surface area contributed by atoms with E-state index in [0.29, 0.717) is 11.8 Å². The highest BCUT2D eigenvalue weighted by atomic mass is 35.5. The first-order chi connectivity index (χ1) is 13.2. The zero-order valence-corrected chi connectivity index (χ0v) is 17.5. The van der Waals surface area contributed by atoms with E-state index in [1.165, 1.54) is 12.5 Å². The molecule has 0 spiro atoms. The van der Waals surface area contributed by atoms with Gasteiger partial charge < -0.3 is 9.84 Å². The SMILES string of the molecule is CC(=O)OCC(=O)[C@H]1CCC2C3CC(Cl)C4=CC(O)C=C[C@]4(C)C3=CC[C@@]21C. The lowest BCUT2D eigenvalue weighted by molar-refractivity contribution is -0.148. The monoisotopic (exact) mass is 404 g/mol. The number of alkyl halides is 1. The number of fused-ring (bicyclic) bond motifs is 5. The molecular weight excluding hydrogens is 376 g/mol. The second-order valence-electron chi connectivity index (χ2n) is 9.34. The largest absolute Gasteiger partial charge is 0.458 e. The molecule has 4 aliphatic rings. The molecule has 2 saturated carbocycles. The van der Waals surface area contributed by atoms with E-state index < -0.39 is 12.1 Å². The number of rotatable bonds is 3. The number of ether oxygens (including phenoxy) is 1. The topological polar surface area (TPSA) is 63.6 Å². The third kappa shape index (κ3) is 2.91. The maximum absolute atomic E-state index is 12.8. The van der Waals surface area contributed by atoms with Crippen LogP contribution in [0.25, 0.3) is 0 Å². The van der Waals surface area contributed by atoms with Gasteiger partial charge in [-0.25, -0.2) is 0 Å². The van der Waals surface area contributed by atoms with Gasteiger partial charge in [-0.1, -0.05) is 36.8 Å². The Morgan fingerprint density at radius 3 is 2.75 bits per heavy atom. The third-order valence-electron chi connectivity index (χ3n) is 7.84. The molecule has 0 aliphatic heterocycles. The molecule has 4 unspecified atom stereocenters. The molecule has 0 aromatic heterocycles. The standard InChI is InChI=1S/C23H29ClO4/c1-13(25)28-12-21(27)18-5-4-16-15-11-20(24)19-10-14(26)6-8-23(19,3)17(15)7-9-22(16,18)2/h6-8,10,14-16,18,20,26H,4-5,9,11-12H2,1-3H3/t14?,15?,16?,18-,20?,22+,23-/m1/s1. The second-order valence-corrected chi connectivity index (χ2v) is 9.86. The van der Waals surface area contributed by atoms with Crippen LogP contribution in [-0.2, 0) is 14.3 Å². The summed E-state index contributed by atoms with van der Waals surface area (Å²) < 4.78 is 5.00. The Bertz CT molecular complexity index is 796. The van der Waals surface area contributed by atoms with Crippen LogP contribution in [0.2, 0.25) is 0 Å². The molecule has 0 bridgehead atoms. The molecule has 152 valence electrons. The summed E-state index contributed by atoms with van der Waals surface area (Å²) in [4.78, 5) is 23.9. The predicted octanol–water partition coefficient (Wildman–Crippen LogP) is 3.97. The van der Waals surface area contributed by atoms with Crippen LogP contribution in [0.3, 0.4) is 0 Å². The number of ketones is 1. The first-order valence-electron chi connectivity index (χ1n) is 10.3. The Kier molecular flexibility index (Phi) is 4.86. The zero-order chi connectivity index (χ0) is 20.3. The van der Waals surface area contributed by atoms with Crippen LogP contribution < -0.4 is 0 Å². The molecule has 4 nitrogen and oxygen atoms in total. The molecule has 28 heavy (non-hydrogen) atoms. The van der Waals surface area contributed by atoms with Crippen LogP contribution in [-0.4, -0.2) is 34.9 Å². The van der Waals surface area contributed by atoms with Crippen LogP contribution in [0.15, 0.2) is 35.5 Å². The Morgan fingerprint density at radius 2 is 2.04 bits per heavy atom. The van der Waals surface area contributed by atoms with Crippen LogP contribution in [0, 0.1) is 28.6 Å². The highest BCUT2D eigenvalue weighted by Gasteiger charge is 2.58. The molecule has 1 N–H and O–H groups in total.